The molecule has 1 heterocycles. The van der Waals surface area contributed by atoms with Gasteiger partial charge in [0.15, 0.2) is 0 Å². The van der Waals surface area contributed by atoms with Crippen LogP contribution in [-0.4, -0.2) is 34.8 Å². The molecule has 0 radical (unpaired) electrons. The number of aryl methyl sites for hydroxylation is 1. The molecule has 0 bridgehead atoms. The topological polar surface area (TPSA) is 74.0 Å². The molecule has 0 spiro atoms. The van der Waals surface area contributed by atoms with E-state index in [-0.39, 0.29) is 5.91 Å². The number of rotatable bonds is 9. The molecular weight excluding hydrogens is 466 g/mol. The van der Waals surface area contributed by atoms with Crippen molar-refractivity contribution in [1.29, 1.82) is 0 Å². The standard InChI is InChI=1S/C27H26ClN3O2S/c1-34-15-14-18-10-12-20(13-11-18)30-27(33)25(31-26(32)22-7-2-4-8-23(22)28)16-19-17-29-24-9-5-3-6-21(19)24/h2-13,17,25,29H,14-16H2,1H3,(H,30,33)(H,31,32). The molecule has 1 unspecified atom stereocenters. The highest BCUT2D eigenvalue weighted by Gasteiger charge is 2.24. The SMILES string of the molecule is CSCCc1ccc(NC(=O)C(Cc2c[nH]c3ccccc23)NC(=O)c2ccccc2Cl)cc1. The van der Waals surface area contributed by atoms with Crippen LogP contribution in [0.15, 0.2) is 79.0 Å². The summed E-state index contributed by atoms with van der Waals surface area (Å²) in [6.45, 7) is 0. The first kappa shape index (κ1) is 23.9. The Kier molecular flexibility index (Phi) is 7.93. The lowest BCUT2D eigenvalue weighted by atomic mass is 10.0. The van der Waals surface area contributed by atoms with E-state index in [2.05, 4.69) is 21.9 Å². The molecule has 7 heteroatoms. The Bertz CT molecular complexity index is 1290. The average molecular weight is 492 g/mol. The molecule has 1 atom stereocenters. The predicted octanol–water partition coefficient (Wildman–Crippen LogP) is 5.71. The summed E-state index contributed by atoms with van der Waals surface area (Å²) in [4.78, 5) is 29.5. The van der Waals surface area contributed by atoms with Crippen LogP contribution in [0, 0.1) is 0 Å². The number of hydrogen-bond donors (Lipinski definition) is 3. The lowest BCUT2D eigenvalue weighted by Crippen LogP contribution is -2.45. The molecule has 0 aliphatic carbocycles. The van der Waals surface area contributed by atoms with E-state index < -0.39 is 11.9 Å². The van der Waals surface area contributed by atoms with Crippen LogP contribution < -0.4 is 10.6 Å². The fraction of sp³-hybridized carbons (Fsp3) is 0.185. The van der Waals surface area contributed by atoms with Crippen molar-refractivity contribution in [2.24, 2.45) is 0 Å². The number of benzene rings is 3. The molecule has 3 aromatic carbocycles. The number of carbonyl (C=O) groups is 2. The quantitative estimate of drug-likeness (QED) is 0.281. The maximum atomic E-state index is 13.3. The molecule has 4 aromatic rings. The molecule has 0 saturated carbocycles. The summed E-state index contributed by atoms with van der Waals surface area (Å²) in [5, 5.41) is 7.20. The van der Waals surface area contributed by atoms with E-state index in [9.17, 15) is 9.59 Å². The highest BCUT2D eigenvalue weighted by atomic mass is 35.5. The fourth-order valence-corrected chi connectivity index (χ4v) is 4.48. The van der Waals surface area contributed by atoms with E-state index in [1.165, 1.54) is 5.56 Å². The summed E-state index contributed by atoms with van der Waals surface area (Å²) < 4.78 is 0. The van der Waals surface area contributed by atoms with Gasteiger partial charge >= 0.3 is 0 Å². The third-order valence-electron chi connectivity index (χ3n) is 5.66. The molecule has 5 nitrogen and oxygen atoms in total. The molecule has 174 valence electrons. The first-order valence-electron chi connectivity index (χ1n) is 11.0. The Labute approximate surface area is 208 Å². The van der Waals surface area contributed by atoms with Crippen LogP contribution >= 0.6 is 23.4 Å². The van der Waals surface area contributed by atoms with Gasteiger partial charge < -0.3 is 15.6 Å². The van der Waals surface area contributed by atoms with Gasteiger partial charge in [0.25, 0.3) is 5.91 Å². The number of hydrogen-bond acceptors (Lipinski definition) is 3. The minimum absolute atomic E-state index is 0.289. The third-order valence-corrected chi connectivity index (χ3v) is 6.60. The van der Waals surface area contributed by atoms with E-state index in [1.807, 2.05) is 54.7 Å². The average Bonchev–Trinajstić information content (AvgIpc) is 3.26. The van der Waals surface area contributed by atoms with Crippen LogP contribution in [0.2, 0.25) is 5.02 Å². The van der Waals surface area contributed by atoms with Crippen LogP contribution in [0.4, 0.5) is 5.69 Å². The Morgan fingerprint density at radius 1 is 1.00 bits per heavy atom. The van der Waals surface area contributed by atoms with Gasteiger partial charge in [-0.15, -0.1) is 0 Å². The summed E-state index contributed by atoms with van der Waals surface area (Å²) >= 11 is 8.02. The Balaban J connectivity index is 1.55. The second-order valence-electron chi connectivity index (χ2n) is 8.00. The number of nitrogens with one attached hydrogen (secondary N) is 3. The second kappa shape index (κ2) is 11.3. The number of para-hydroxylation sites is 1. The van der Waals surface area contributed by atoms with E-state index in [1.54, 1.807) is 36.0 Å². The lowest BCUT2D eigenvalue weighted by Gasteiger charge is -2.19. The smallest absolute Gasteiger partial charge is 0.253 e. The number of anilines is 1. The maximum Gasteiger partial charge on any atom is 0.253 e. The monoisotopic (exact) mass is 491 g/mol. The maximum absolute atomic E-state index is 13.3. The zero-order chi connectivity index (χ0) is 23.9. The number of aromatic nitrogens is 1. The molecule has 0 fully saturated rings. The van der Waals surface area contributed by atoms with Crippen molar-refractivity contribution in [3.8, 4) is 0 Å². The van der Waals surface area contributed by atoms with Crippen LogP contribution in [-0.2, 0) is 17.6 Å². The molecule has 34 heavy (non-hydrogen) atoms. The van der Waals surface area contributed by atoms with Gasteiger partial charge in [0.05, 0.1) is 10.6 Å². The Morgan fingerprint density at radius 2 is 1.74 bits per heavy atom. The van der Waals surface area contributed by atoms with Crippen molar-refractivity contribution in [1.82, 2.24) is 10.3 Å². The molecule has 1 aromatic heterocycles. The molecule has 4 rings (SSSR count). The fourth-order valence-electron chi connectivity index (χ4n) is 3.82. The van der Waals surface area contributed by atoms with Crippen molar-refractivity contribution in [3.05, 3.63) is 101 Å². The number of fused-ring (bicyclic) bond motifs is 1. The van der Waals surface area contributed by atoms with Gasteiger partial charge in [0.2, 0.25) is 5.91 Å². The van der Waals surface area contributed by atoms with Crippen molar-refractivity contribution in [2.45, 2.75) is 18.9 Å². The van der Waals surface area contributed by atoms with Gasteiger partial charge in [0, 0.05) is 29.2 Å². The summed E-state index contributed by atoms with van der Waals surface area (Å²) in [6, 6.07) is 21.7. The van der Waals surface area contributed by atoms with Crippen molar-refractivity contribution < 1.29 is 9.59 Å². The van der Waals surface area contributed by atoms with Crippen LogP contribution in [0.5, 0.6) is 0 Å². The first-order valence-corrected chi connectivity index (χ1v) is 12.8. The highest BCUT2D eigenvalue weighted by molar-refractivity contribution is 7.98. The second-order valence-corrected chi connectivity index (χ2v) is 9.39. The molecular formula is C27H26ClN3O2S. The highest BCUT2D eigenvalue weighted by Crippen LogP contribution is 2.21. The van der Waals surface area contributed by atoms with Gasteiger partial charge in [-0.2, -0.15) is 11.8 Å². The molecule has 0 aliphatic rings. The van der Waals surface area contributed by atoms with Gasteiger partial charge in [-0.1, -0.05) is 54.1 Å². The van der Waals surface area contributed by atoms with Crippen LogP contribution in [0.1, 0.15) is 21.5 Å². The molecule has 2 amide bonds. The predicted molar refractivity (Wildman–Crippen MR) is 142 cm³/mol. The minimum Gasteiger partial charge on any atom is -0.361 e. The zero-order valence-corrected chi connectivity index (χ0v) is 20.4. The van der Waals surface area contributed by atoms with E-state index in [0.717, 1.165) is 28.6 Å². The first-order chi connectivity index (χ1) is 16.5. The number of thioether (sulfide) groups is 1. The number of aromatic amines is 1. The number of carbonyl (C=O) groups excluding carboxylic acids is 2. The molecule has 0 aliphatic heterocycles. The van der Waals surface area contributed by atoms with Gasteiger partial charge in [0.1, 0.15) is 6.04 Å². The van der Waals surface area contributed by atoms with Gasteiger partial charge in [-0.25, -0.2) is 0 Å². The van der Waals surface area contributed by atoms with Crippen LogP contribution in [0.3, 0.4) is 0 Å². The van der Waals surface area contributed by atoms with E-state index >= 15 is 0 Å². The number of halogens is 1. The van der Waals surface area contributed by atoms with Gasteiger partial charge in [-0.05, 0) is 59.9 Å². The largest absolute Gasteiger partial charge is 0.361 e. The number of amides is 2. The molecule has 0 saturated heterocycles. The Morgan fingerprint density at radius 3 is 2.50 bits per heavy atom. The molecule has 3 N–H and O–H groups in total. The van der Waals surface area contributed by atoms with Crippen molar-refractivity contribution >= 4 is 51.8 Å². The Hall–Kier alpha value is -3.22. The third kappa shape index (κ3) is 5.82. The lowest BCUT2D eigenvalue weighted by molar-refractivity contribution is -0.118. The zero-order valence-electron chi connectivity index (χ0n) is 18.8. The normalized spacial score (nSPS) is 11.8. The van der Waals surface area contributed by atoms with E-state index in [4.69, 9.17) is 11.6 Å². The van der Waals surface area contributed by atoms with Crippen LogP contribution in [0.25, 0.3) is 10.9 Å². The summed E-state index contributed by atoms with van der Waals surface area (Å²) in [5.74, 6) is 0.368. The van der Waals surface area contributed by atoms with Crippen molar-refractivity contribution in [2.75, 3.05) is 17.3 Å². The van der Waals surface area contributed by atoms with E-state index in [0.29, 0.717) is 22.7 Å². The summed E-state index contributed by atoms with van der Waals surface area (Å²) in [6.07, 6.45) is 5.27. The van der Waals surface area contributed by atoms with Crippen molar-refractivity contribution in [3.63, 3.8) is 0 Å². The minimum atomic E-state index is -0.792. The summed E-state index contributed by atoms with van der Waals surface area (Å²) in [7, 11) is 0. The van der Waals surface area contributed by atoms with Gasteiger partial charge in [-0.3, -0.25) is 9.59 Å². The summed E-state index contributed by atoms with van der Waals surface area (Å²) in [5.41, 5.74) is 4.17. The number of H-pyrrole nitrogens is 1.